The van der Waals surface area contributed by atoms with Gasteiger partial charge in [-0.1, -0.05) is 55.2 Å². The summed E-state index contributed by atoms with van der Waals surface area (Å²) in [7, 11) is 0. The Morgan fingerprint density at radius 3 is 2.58 bits per heavy atom. The largest absolute Gasteiger partial charge is 0.489 e. The predicted molar refractivity (Wildman–Crippen MR) is 120 cm³/mol. The van der Waals surface area contributed by atoms with E-state index in [-0.39, 0.29) is 25.2 Å². The summed E-state index contributed by atoms with van der Waals surface area (Å²) in [5, 5.41) is 6.51. The van der Waals surface area contributed by atoms with Crippen LogP contribution in [0.25, 0.3) is 0 Å². The van der Waals surface area contributed by atoms with Gasteiger partial charge in [-0.25, -0.2) is 9.59 Å². The first-order valence-electron chi connectivity index (χ1n) is 9.95. The van der Waals surface area contributed by atoms with Gasteiger partial charge in [-0.15, -0.1) is 0 Å². The van der Waals surface area contributed by atoms with Crippen molar-refractivity contribution in [1.82, 2.24) is 10.6 Å². The van der Waals surface area contributed by atoms with Gasteiger partial charge in [0.2, 0.25) is 0 Å². The molecule has 2 N–H and O–H groups in total. The number of carbonyl (C=O) groups is 2. The number of hydrogen-bond donors (Lipinski definition) is 2. The van der Waals surface area contributed by atoms with Gasteiger partial charge in [-0.05, 0) is 48.2 Å². The van der Waals surface area contributed by atoms with Crippen LogP contribution in [-0.4, -0.2) is 18.6 Å². The van der Waals surface area contributed by atoms with E-state index in [0.29, 0.717) is 32.6 Å². The molecule has 1 aliphatic heterocycles. The minimum atomic E-state index is -0.654. The number of allylic oxidation sites excluding steroid dienone is 1. The van der Waals surface area contributed by atoms with Gasteiger partial charge < -0.3 is 20.1 Å². The lowest BCUT2D eigenvalue weighted by Gasteiger charge is -2.31. The second-order valence-electron chi connectivity index (χ2n) is 7.34. The van der Waals surface area contributed by atoms with E-state index in [1.807, 2.05) is 32.0 Å². The van der Waals surface area contributed by atoms with Gasteiger partial charge in [0.15, 0.2) is 0 Å². The van der Waals surface area contributed by atoms with Crippen molar-refractivity contribution < 1.29 is 19.1 Å². The van der Waals surface area contributed by atoms with Crippen molar-refractivity contribution in [3.63, 3.8) is 0 Å². The minimum absolute atomic E-state index is 0.0676. The standard InChI is InChI=1S/C23H24Cl2N2O4/c1-4-30-22(28)19-20(13(2)3)26-23(29)27-21(19)15-6-5-7-16(11-15)31-12-14-8-9-17(24)18(25)10-14/h5-11,13,21H,4,12H2,1-3H3,(H2,26,27,29). The molecular formula is C23H24Cl2N2O4. The number of rotatable bonds is 7. The van der Waals surface area contributed by atoms with Crippen LogP contribution in [0.1, 0.15) is 37.9 Å². The SMILES string of the molecule is CCOC(=O)C1=C(C(C)C)NC(=O)NC1c1cccc(OCc2ccc(Cl)c(Cl)c2)c1. The molecule has 0 fully saturated rings. The molecule has 2 aromatic rings. The third-order valence-corrected chi connectivity index (χ3v) is 5.50. The highest BCUT2D eigenvalue weighted by Crippen LogP contribution is 2.32. The number of urea groups is 1. The second kappa shape index (κ2) is 10.1. The molecule has 0 bridgehead atoms. The molecule has 0 radical (unpaired) electrons. The Bertz CT molecular complexity index is 1020. The predicted octanol–water partition coefficient (Wildman–Crippen LogP) is 5.40. The number of amides is 2. The monoisotopic (exact) mass is 462 g/mol. The average molecular weight is 463 g/mol. The molecule has 1 aliphatic rings. The summed E-state index contributed by atoms with van der Waals surface area (Å²) in [5.74, 6) is 0.0542. The maximum Gasteiger partial charge on any atom is 0.338 e. The Morgan fingerprint density at radius 1 is 1.13 bits per heavy atom. The molecule has 164 valence electrons. The third kappa shape index (κ3) is 5.51. The Kier molecular flexibility index (Phi) is 7.46. The fourth-order valence-corrected chi connectivity index (χ4v) is 3.63. The normalized spacial score (nSPS) is 16.1. The molecule has 2 amide bonds. The molecule has 6 nitrogen and oxygen atoms in total. The number of nitrogens with one attached hydrogen (secondary N) is 2. The van der Waals surface area contributed by atoms with E-state index < -0.39 is 12.0 Å². The molecule has 1 heterocycles. The van der Waals surface area contributed by atoms with Crippen molar-refractivity contribution in [3.8, 4) is 5.75 Å². The third-order valence-electron chi connectivity index (χ3n) is 4.76. The number of esters is 1. The van der Waals surface area contributed by atoms with E-state index in [1.165, 1.54) is 0 Å². The summed E-state index contributed by atoms with van der Waals surface area (Å²) in [6, 6.07) is 11.5. The summed E-state index contributed by atoms with van der Waals surface area (Å²) in [6.07, 6.45) is 0. The Morgan fingerprint density at radius 2 is 1.90 bits per heavy atom. The zero-order valence-electron chi connectivity index (χ0n) is 17.5. The van der Waals surface area contributed by atoms with E-state index in [9.17, 15) is 9.59 Å². The molecule has 0 aromatic heterocycles. The van der Waals surface area contributed by atoms with Crippen LogP contribution in [0.15, 0.2) is 53.7 Å². The highest BCUT2D eigenvalue weighted by Gasteiger charge is 2.34. The van der Waals surface area contributed by atoms with Gasteiger partial charge in [0.25, 0.3) is 0 Å². The Balaban J connectivity index is 1.89. The lowest BCUT2D eigenvalue weighted by molar-refractivity contribution is -0.139. The van der Waals surface area contributed by atoms with E-state index in [0.717, 1.165) is 5.56 Å². The van der Waals surface area contributed by atoms with Crippen LogP contribution in [0.2, 0.25) is 10.0 Å². The molecule has 1 atom stereocenters. The molecule has 0 saturated carbocycles. The van der Waals surface area contributed by atoms with Gasteiger partial charge in [0.1, 0.15) is 12.4 Å². The van der Waals surface area contributed by atoms with E-state index in [1.54, 1.807) is 31.2 Å². The summed E-state index contributed by atoms with van der Waals surface area (Å²) in [4.78, 5) is 25.0. The van der Waals surface area contributed by atoms with E-state index in [4.69, 9.17) is 32.7 Å². The van der Waals surface area contributed by atoms with Crippen LogP contribution >= 0.6 is 23.2 Å². The van der Waals surface area contributed by atoms with Crippen LogP contribution in [0.5, 0.6) is 5.75 Å². The molecular weight excluding hydrogens is 439 g/mol. The second-order valence-corrected chi connectivity index (χ2v) is 8.16. The quantitative estimate of drug-likeness (QED) is 0.540. The van der Waals surface area contributed by atoms with Crippen molar-refractivity contribution >= 4 is 35.2 Å². The van der Waals surface area contributed by atoms with Crippen LogP contribution in [0, 0.1) is 5.92 Å². The summed E-state index contributed by atoms with van der Waals surface area (Å²) in [6.45, 7) is 6.09. The number of ether oxygens (including phenoxy) is 2. The van der Waals surface area contributed by atoms with Gasteiger partial charge in [-0.3, -0.25) is 0 Å². The maximum atomic E-state index is 12.7. The summed E-state index contributed by atoms with van der Waals surface area (Å²) in [5.41, 5.74) is 2.51. The van der Waals surface area contributed by atoms with E-state index in [2.05, 4.69) is 10.6 Å². The van der Waals surface area contributed by atoms with Crippen LogP contribution in [-0.2, 0) is 16.1 Å². The van der Waals surface area contributed by atoms with E-state index >= 15 is 0 Å². The number of benzene rings is 2. The first-order valence-corrected chi connectivity index (χ1v) is 10.7. The number of carbonyl (C=O) groups excluding carboxylic acids is 2. The van der Waals surface area contributed by atoms with Crippen molar-refractivity contribution in [2.75, 3.05) is 6.61 Å². The van der Waals surface area contributed by atoms with Crippen LogP contribution in [0.4, 0.5) is 4.79 Å². The zero-order chi connectivity index (χ0) is 22.5. The average Bonchev–Trinajstić information content (AvgIpc) is 2.74. The van der Waals surface area contributed by atoms with Crippen LogP contribution in [0.3, 0.4) is 0 Å². The topological polar surface area (TPSA) is 76.7 Å². The molecule has 0 saturated heterocycles. The molecule has 3 rings (SSSR count). The van der Waals surface area contributed by atoms with Gasteiger partial charge in [-0.2, -0.15) is 0 Å². The van der Waals surface area contributed by atoms with Gasteiger partial charge in [0.05, 0.1) is 28.3 Å². The Hall–Kier alpha value is -2.70. The lowest BCUT2D eigenvalue weighted by atomic mass is 9.91. The molecule has 0 spiro atoms. The lowest BCUT2D eigenvalue weighted by Crippen LogP contribution is -2.47. The molecule has 1 unspecified atom stereocenters. The minimum Gasteiger partial charge on any atom is -0.489 e. The van der Waals surface area contributed by atoms with Gasteiger partial charge in [0, 0.05) is 5.70 Å². The van der Waals surface area contributed by atoms with Crippen molar-refractivity contribution in [2.45, 2.75) is 33.4 Å². The highest BCUT2D eigenvalue weighted by molar-refractivity contribution is 6.42. The fraction of sp³-hybridized carbons (Fsp3) is 0.304. The van der Waals surface area contributed by atoms with Crippen molar-refractivity contribution in [2.24, 2.45) is 5.92 Å². The fourth-order valence-electron chi connectivity index (χ4n) is 3.31. The number of hydrogen-bond acceptors (Lipinski definition) is 4. The zero-order valence-corrected chi connectivity index (χ0v) is 19.0. The van der Waals surface area contributed by atoms with Crippen molar-refractivity contribution in [3.05, 3.63) is 74.9 Å². The number of halogens is 2. The Labute approximate surface area is 191 Å². The maximum absolute atomic E-state index is 12.7. The smallest absolute Gasteiger partial charge is 0.338 e. The van der Waals surface area contributed by atoms with Crippen molar-refractivity contribution in [1.29, 1.82) is 0 Å². The first kappa shape index (κ1) is 23.0. The summed E-state index contributed by atoms with van der Waals surface area (Å²) < 4.78 is 11.2. The highest BCUT2D eigenvalue weighted by atomic mass is 35.5. The summed E-state index contributed by atoms with van der Waals surface area (Å²) >= 11 is 12.0. The molecule has 8 heteroatoms. The van der Waals surface area contributed by atoms with Gasteiger partial charge >= 0.3 is 12.0 Å². The molecule has 31 heavy (non-hydrogen) atoms. The molecule has 0 aliphatic carbocycles. The first-order chi connectivity index (χ1) is 14.8. The van der Waals surface area contributed by atoms with Crippen LogP contribution < -0.4 is 15.4 Å². The molecule has 2 aromatic carbocycles.